The summed E-state index contributed by atoms with van der Waals surface area (Å²) in [5.74, 6) is 0.823. The Labute approximate surface area is 217 Å². The number of halogens is 1. The molecule has 196 valence electrons. The molecule has 0 spiro atoms. The lowest BCUT2D eigenvalue weighted by molar-refractivity contribution is -0.151. The Kier molecular flexibility index (Phi) is 6.94. The summed E-state index contributed by atoms with van der Waals surface area (Å²) in [6, 6.07) is 10.9. The van der Waals surface area contributed by atoms with Crippen LogP contribution in [0.4, 0.5) is 10.1 Å². The number of fused-ring (bicyclic) bond motifs is 3. The van der Waals surface area contributed by atoms with Crippen molar-refractivity contribution >= 4 is 23.6 Å². The van der Waals surface area contributed by atoms with Gasteiger partial charge >= 0.3 is 5.97 Å². The quantitative estimate of drug-likeness (QED) is 0.512. The first-order chi connectivity index (χ1) is 17.8. The lowest BCUT2D eigenvalue weighted by Crippen LogP contribution is -2.42. The predicted molar refractivity (Wildman–Crippen MR) is 141 cm³/mol. The molecule has 0 aliphatic carbocycles. The monoisotopic (exact) mass is 507 g/mol. The number of carbonyl (C=O) groups excluding carboxylic acids is 1. The van der Waals surface area contributed by atoms with Gasteiger partial charge in [0.25, 0.3) is 0 Å². The summed E-state index contributed by atoms with van der Waals surface area (Å²) in [5, 5.41) is 4.37. The van der Waals surface area contributed by atoms with Crippen molar-refractivity contribution in [3.63, 3.8) is 0 Å². The van der Waals surface area contributed by atoms with Crippen molar-refractivity contribution in [1.29, 1.82) is 0 Å². The Balaban J connectivity index is 1.48. The Morgan fingerprint density at radius 3 is 2.73 bits per heavy atom. The third kappa shape index (κ3) is 4.82. The lowest BCUT2D eigenvalue weighted by Gasteiger charge is -2.35. The molecule has 0 saturated carbocycles. The van der Waals surface area contributed by atoms with Crippen LogP contribution in [0.25, 0.3) is 6.08 Å². The minimum atomic E-state index is -0.947. The van der Waals surface area contributed by atoms with Crippen LogP contribution >= 0.6 is 0 Å². The highest BCUT2D eigenvalue weighted by Gasteiger charge is 2.43. The predicted octanol–water partition coefficient (Wildman–Crippen LogP) is 5.31. The largest absolute Gasteiger partial charge is 0.486 e. The maximum absolute atomic E-state index is 14.9. The van der Waals surface area contributed by atoms with Gasteiger partial charge in [-0.05, 0) is 85.2 Å². The molecule has 1 fully saturated rings. The fourth-order valence-corrected chi connectivity index (χ4v) is 5.49. The van der Waals surface area contributed by atoms with Crippen LogP contribution in [-0.2, 0) is 19.7 Å². The molecule has 2 unspecified atom stereocenters. The van der Waals surface area contributed by atoms with Crippen molar-refractivity contribution in [2.75, 3.05) is 25.2 Å². The van der Waals surface area contributed by atoms with E-state index in [1.165, 1.54) is 19.2 Å². The summed E-state index contributed by atoms with van der Waals surface area (Å²) in [7, 11) is 1.37. The second kappa shape index (κ2) is 10.2. The van der Waals surface area contributed by atoms with Crippen LogP contribution in [0.1, 0.15) is 62.8 Å². The maximum Gasteiger partial charge on any atom is 0.316 e. The van der Waals surface area contributed by atoms with Gasteiger partial charge in [-0.1, -0.05) is 19.9 Å². The highest BCUT2D eigenvalue weighted by Crippen LogP contribution is 2.40. The zero-order valence-corrected chi connectivity index (χ0v) is 21.8. The first-order valence-electron chi connectivity index (χ1n) is 12.9. The molecule has 7 nitrogen and oxygen atoms in total. The van der Waals surface area contributed by atoms with Gasteiger partial charge in [0.15, 0.2) is 5.84 Å². The number of methoxy groups -OCH3 is 1. The topological polar surface area (TPSA) is 72.4 Å². The molecule has 0 aromatic heterocycles. The van der Waals surface area contributed by atoms with Crippen molar-refractivity contribution in [2.45, 2.75) is 57.7 Å². The van der Waals surface area contributed by atoms with E-state index in [1.807, 2.05) is 6.08 Å². The standard InChI is InChI=1S/C29H34FN3O4/c1-18(2)13-26(21-5-7-25-20(14-21)6-8-27-32-31-19(3)33(25)27)37-24-16-22(15-23(30)17-24)29(28(34)35-4)9-11-36-12-10-29/h5-8,14-19,26,31H,9-13H2,1-4H3. The van der Waals surface area contributed by atoms with Gasteiger partial charge in [0.05, 0.1) is 18.2 Å². The molecule has 0 amide bonds. The van der Waals surface area contributed by atoms with E-state index in [0.29, 0.717) is 43.3 Å². The number of anilines is 1. The number of carbonyl (C=O) groups is 1. The van der Waals surface area contributed by atoms with Gasteiger partial charge in [0, 0.05) is 19.3 Å². The Hall–Kier alpha value is -3.39. The average molecular weight is 508 g/mol. The first kappa shape index (κ1) is 25.3. The summed E-state index contributed by atoms with van der Waals surface area (Å²) in [6.07, 6.45) is 5.46. The molecule has 5 rings (SSSR count). The van der Waals surface area contributed by atoms with Crippen molar-refractivity contribution < 1.29 is 23.4 Å². The van der Waals surface area contributed by atoms with Crippen LogP contribution in [0.15, 0.2) is 47.6 Å². The summed E-state index contributed by atoms with van der Waals surface area (Å²) >= 11 is 0. The summed E-state index contributed by atoms with van der Waals surface area (Å²) in [5.41, 5.74) is 5.90. The second-order valence-corrected chi connectivity index (χ2v) is 10.4. The number of benzene rings is 2. The van der Waals surface area contributed by atoms with Crippen LogP contribution in [-0.4, -0.2) is 38.3 Å². The van der Waals surface area contributed by atoms with E-state index in [4.69, 9.17) is 14.2 Å². The molecule has 0 radical (unpaired) electrons. The number of rotatable bonds is 7. The van der Waals surface area contributed by atoms with Gasteiger partial charge in [-0.3, -0.25) is 10.2 Å². The van der Waals surface area contributed by atoms with Gasteiger partial charge in [0.1, 0.15) is 23.8 Å². The van der Waals surface area contributed by atoms with E-state index in [0.717, 1.165) is 29.1 Å². The van der Waals surface area contributed by atoms with Crippen LogP contribution in [0.2, 0.25) is 0 Å². The number of ether oxygens (including phenoxy) is 3. The molecule has 3 aliphatic rings. The smallest absolute Gasteiger partial charge is 0.316 e. The number of hydrazone groups is 1. The van der Waals surface area contributed by atoms with Crippen molar-refractivity contribution in [3.8, 4) is 5.75 Å². The summed E-state index contributed by atoms with van der Waals surface area (Å²) < 4.78 is 32.0. The molecular formula is C29H34FN3O4. The molecule has 1 N–H and O–H groups in total. The minimum Gasteiger partial charge on any atom is -0.486 e. The molecule has 3 heterocycles. The van der Waals surface area contributed by atoms with Gasteiger partial charge < -0.3 is 19.1 Å². The minimum absolute atomic E-state index is 0.0743. The van der Waals surface area contributed by atoms with E-state index >= 15 is 0 Å². The van der Waals surface area contributed by atoms with Crippen molar-refractivity contribution in [2.24, 2.45) is 11.0 Å². The Bertz CT molecular complexity index is 1240. The van der Waals surface area contributed by atoms with E-state index in [9.17, 15) is 9.18 Å². The van der Waals surface area contributed by atoms with Gasteiger partial charge in [0.2, 0.25) is 0 Å². The maximum atomic E-state index is 14.9. The van der Waals surface area contributed by atoms with Crippen LogP contribution < -0.4 is 15.1 Å². The van der Waals surface area contributed by atoms with Gasteiger partial charge in [-0.25, -0.2) is 4.39 Å². The van der Waals surface area contributed by atoms with Crippen molar-refractivity contribution in [3.05, 3.63) is 65.0 Å². The number of nitrogens with one attached hydrogen (secondary N) is 1. The Morgan fingerprint density at radius 2 is 2.00 bits per heavy atom. The van der Waals surface area contributed by atoms with Gasteiger partial charge in [-0.2, -0.15) is 5.10 Å². The average Bonchev–Trinajstić information content (AvgIpc) is 3.28. The number of amidine groups is 1. The van der Waals surface area contributed by atoms with Crippen molar-refractivity contribution in [1.82, 2.24) is 5.43 Å². The molecule has 8 heteroatoms. The molecular weight excluding hydrogens is 473 g/mol. The van der Waals surface area contributed by atoms with E-state index in [-0.39, 0.29) is 18.2 Å². The SMILES string of the molecule is COC(=O)C1(c2cc(F)cc(OC(CC(C)C)c3ccc4c(c3)C=CC3=NNC(C)N34)c2)CCOCC1. The summed E-state index contributed by atoms with van der Waals surface area (Å²) in [4.78, 5) is 15.0. The molecule has 2 aromatic carbocycles. The fraction of sp³-hybridized carbons (Fsp3) is 0.448. The molecule has 37 heavy (non-hydrogen) atoms. The molecule has 2 atom stereocenters. The van der Waals surface area contributed by atoms with E-state index < -0.39 is 11.2 Å². The highest BCUT2D eigenvalue weighted by atomic mass is 19.1. The number of hydrogen-bond acceptors (Lipinski definition) is 7. The van der Waals surface area contributed by atoms with E-state index in [1.54, 1.807) is 6.07 Å². The molecule has 2 aromatic rings. The number of esters is 1. The second-order valence-electron chi connectivity index (χ2n) is 10.4. The molecule has 3 aliphatic heterocycles. The first-order valence-corrected chi connectivity index (χ1v) is 12.9. The number of hydrogen-bond donors (Lipinski definition) is 1. The fourth-order valence-electron chi connectivity index (χ4n) is 5.49. The van der Waals surface area contributed by atoms with Crippen LogP contribution in [0.5, 0.6) is 5.75 Å². The number of nitrogens with zero attached hydrogens (tertiary/aromatic N) is 2. The molecule has 1 saturated heterocycles. The zero-order valence-electron chi connectivity index (χ0n) is 21.8. The van der Waals surface area contributed by atoms with E-state index in [2.05, 4.69) is 60.5 Å². The highest BCUT2D eigenvalue weighted by molar-refractivity contribution is 6.13. The third-order valence-corrected chi connectivity index (χ3v) is 7.41. The summed E-state index contributed by atoms with van der Waals surface area (Å²) in [6.45, 7) is 7.18. The zero-order chi connectivity index (χ0) is 26.2. The van der Waals surface area contributed by atoms with Crippen LogP contribution in [0, 0.1) is 11.7 Å². The lowest BCUT2D eigenvalue weighted by atomic mass is 9.74. The van der Waals surface area contributed by atoms with Crippen LogP contribution in [0.3, 0.4) is 0 Å². The molecule has 0 bridgehead atoms. The van der Waals surface area contributed by atoms with Gasteiger partial charge in [-0.15, -0.1) is 0 Å². The Morgan fingerprint density at radius 1 is 1.22 bits per heavy atom. The third-order valence-electron chi connectivity index (χ3n) is 7.41. The normalized spacial score (nSPS) is 20.5.